The van der Waals surface area contributed by atoms with Gasteiger partial charge in [0, 0.05) is 17.6 Å². The van der Waals surface area contributed by atoms with Crippen LogP contribution in [-0.2, 0) is 9.84 Å². The van der Waals surface area contributed by atoms with Gasteiger partial charge in [-0.05, 0) is 12.5 Å². The molecule has 15 heavy (non-hydrogen) atoms. The van der Waals surface area contributed by atoms with Crippen LogP contribution in [0.3, 0.4) is 0 Å². The van der Waals surface area contributed by atoms with Gasteiger partial charge in [0.05, 0.1) is 24.0 Å². The fraction of sp³-hybridized carbons (Fsp3) is 0.600. The van der Waals surface area contributed by atoms with E-state index in [0.29, 0.717) is 0 Å². The second kappa shape index (κ2) is 3.98. The number of nitrogens with one attached hydrogen (secondary N) is 1. The van der Waals surface area contributed by atoms with E-state index in [9.17, 15) is 8.42 Å². The Morgan fingerprint density at radius 1 is 1.53 bits per heavy atom. The molecule has 0 aromatic carbocycles. The maximum Gasteiger partial charge on any atom is 0.153 e. The van der Waals surface area contributed by atoms with Crippen molar-refractivity contribution in [3.8, 4) is 0 Å². The molecule has 2 heterocycles. The molecule has 0 amide bonds. The highest BCUT2D eigenvalue weighted by molar-refractivity contribution is 7.91. The number of sulfone groups is 1. The van der Waals surface area contributed by atoms with Crippen molar-refractivity contribution in [2.24, 2.45) is 0 Å². The Bertz CT molecular complexity index is 410. The SMILES string of the molecule is CCC1CS(=O)(=O)CC(c2ccoc2)N1. The zero-order valence-electron chi connectivity index (χ0n) is 8.64. The summed E-state index contributed by atoms with van der Waals surface area (Å²) in [4.78, 5) is 0. The van der Waals surface area contributed by atoms with Gasteiger partial charge >= 0.3 is 0 Å². The van der Waals surface area contributed by atoms with E-state index >= 15 is 0 Å². The highest BCUT2D eigenvalue weighted by Crippen LogP contribution is 2.22. The quantitative estimate of drug-likeness (QED) is 0.825. The minimum atomic E-state index is -2.92. The van der Waals surface area contributed by atoms with Crippen molar-refractivity contribution in [2.45, 2.75) is 25.4 Å². The van der Waals surface area contributed by atoms with Gasteiger partial charge in [0.25, 0.3) is 0 Å². The average molecular weight is 229 g/mol. The Hall–Kier alpha value is -0.810. The van der Waals surface area contributed by atoms with Crippen LogP contribution in [0.25, 0.3) is 0 Å². The Kier molecular flexibility index (Phi) is 2.84. The topological polar surface area (TPSA) is 59.3 Å². The van der Waals surface area contributed by atoms with Crippen molar-refractivity contribution < 1.29 is 12.8 Å². The van der Waals surface area contributed by atoms with Gasteiger partial charge in [-0.1, -0.05) is 6.92 Å². The van der Waals surface area contributed by atoms with Gasteiger partial charge in [0.1, 0.15) is 0 Å². The summed E-state index contributed by atoms with van der Waals surface area (Å²) in [6.45, 7) is 1.99. The molecule has 1 aliphatic heterocycles. The molecule has 1 aromatic rings. The van der Waals surface area contributed by atoms with Gasteiger partial charge in [-0.3, -0.25) is 0 Å². The zero-order valence-corrected chi connectivity index (χ0v) is 9.46. The molecule has 0 bridgehead atoms. The third-order valence-electron chi connectivity index (χ3n) is 2.75. The third kappa shape index (κ3) is 2.41. The second-order valence-electron chi connectivity index (χ2n) is 3.96. The first-order chi connectivity index (χ1) is 7.11. The lowest BCUT2D eigenvalue weighted by Gasteiger charge is -2.29. The molecule has 1 N–H and O–H groups in total. The van der Waals surface area contributed by atoms with Crippen LogP contribution in [-0.4, -0.2) is 26.0 Å². The van der Waals surface area contributed by atoms with Crippen LogP contribution in [0.1, 0.15) is 24.9 Å². The van der Waals surface area contributed by atoms with Gasteiger partial charge in [-0.2, -0.15) is 0 Å². The van der Waals surface area contributed by atoms with Crippen molar-refractivity contribution in [1.82, 2.24) is 5.32 Å². The summed E-state index contributed by atoms with van der Waals surface area (Å²) in [7, 11) is -2.92. The van der Waals surface area contributed by atoms with Crippen molar-refractivity contribution in [2.75, 3.05) is 11.5 Å². The fourth-order valence-corrected chi connectivity index (χ4v) is 3.79. The van der Waals surface area contributed by atoms with E-state index in [1.165, 1.54) is 0 Å². The fourth-order valence-electron chi connectivity index (χ4n) is 1.91. The van der Waals surface area contributed by atoms with Crippen LogP contribution in [0, 0.1) is 0 Å². The molecular weight excluding hydrogens is 214 g/mol. The molecule has 1 aliphatic rings. The van der Waals surface area contributed by atoms with E-state index in [1.54, 1.807) is 12.5 Å². The molecular formula is C10H15NO3S. The summed E-state index contributed by atoms with van der Waals surface area (Å²) in [5.41, 5.74) is 0.914. The Morgan fingerprint density at radius 3 is 2.93 bits per heavy atom. The normalized spacial score (nSPS) is 30.2. The second-order valence-corrected chi connectivity index (χ2v) is 6.11. The van der Waals surface area contributed by atoms with E-state index in [1.807, 2.05) is 13.0 Å². The first-order valence-electron chi connectivity index (χ1n) is 5.09. The molecule has 5 heteroatoms. The number of rotatable bonds is 2. The third-order valence-corrected chi connectivity index (χ3v) is 4.50. The van der Waals surface area contributed by atoms with Crippen molar-refractivity contribution >= 4 is 9.84 Å². The molecule has 4 nitrogen and oxygen atoms in total. The molecule has 1 aromatic heterocycles. The molecule has 2 unspecified atom stereocenters. The summed E-state index contributed by atoms with van der Waals surface area (Å²) in [6, 6.07) is 1.75. The standard InChI is InChI=1S/C10H15NO3S/c1-2-9-6-15(12,13)7-10(11-9)8-3-4-14-5-8/h3-5,9-11H,2,6-7H2,1H3. The summed E-state index contributed by atoms with van der Waals surface area (Å²) >= 11 is 0. The summed E-state index contributed by atoms with van der Waals surface area (Å²) in [5.74, 6) is 0.418. The Labute approximate surface area is 89.6 Å². The lowest BCUT2D eigenvalue weighted by atomic mass is 10.1. The number of furan rings is 1. The van der Waals surface area contributed by atoms with E-state index in [4.69, 9.17) is 4.42 Å². The molecule has 2 rings (SSSR count). The van der Waals surface area contributed by atoms with Gasteiger partial charge in [0.15, 0.2) is 9.84 Å². The predicted molar refractivity (Wildman–Crippen MR) is 57.3 cm³/mol. The zero-order chi connectivity index (χ0) is 10.9. The first kappa shape index (κ1) is 10.7. The largest absolute Gasteiger partial charge is 0.472 e. The van der Waals surface area contributed by atoms with Crippen molar-refractivity contribution in [3.05, 3.63) is 24.2 Å². The maximum atomic E-state index is 11.7. The smallest absolute Gasteiger partial charge is 0.153 e. The van der Waals surface area contributed by atoms with Crippen LogP contribution in [0.5, 0.6) is 0 Å². The monoisotopic (exact) mass is 229 g/mol. The highest BCUT2D eigenvalue weighted by Gasteiger charge is 2.31. The molecule has 84 valence electrons. The van der Waals surface area contributed by atoms with E-state index < -0.39 is 9.84 Å². The van der Waals surface area contributed by atoms with Crippen LogP contribution in [0.4, 0.5) is 0 Å². The minimum Gasteiger partial charge on any atom is -0.472 e. The van der Waals surface area contributed by atoms with Gasteiger partial charge < -0.3 is 9.73 Å². The Morgan fingerprint density at radius 2 is 2.33 bits per heavy atom. The molecule has 1 saturated heterocycles. The van der Waals surface area contributed by atoms with E-state index in [-0.39, 0.29) is 23.6 Å². The van der Waals surface area contributed by atoms with Gasteiger partial charge in [0.2, 0.25) is 0 Å². The van der Waals surface area contributed by atoms with E-state index in [2.05, 4.69) is 5.32 Å². The van der Waals surface area contributed by atoms with Crippen LogP contribution in [0.15, 0.2) is 23.0 Å². The van der Waals surface area contributed by atoms with Crippen LogP contribution >= 0.6 is 0 Å². The highest BCUT2D eigenvalue weighted by atomic mass is 32.2. The average Bonchev–Trinajstić information content (AvgIpc) is 2.68. The lowest BCUT2D eigenvalue weighted by Crippen LogP contribution is -2.46. The van der Waals surface area contributed by atoms with Crippen LogP contribution < -0.4 is 5.32 Å². The minimum absolute atomic E-state index is 0.0589. The molecule has 0 aliphatic carbocycles. The lowest BCUT2D eigenvalue weighted by molar-refractivity contribution is 0.437. The first-order valence-corrected chi connectivity index (χ1v) is 6.91. The van der Waals surface area contributed by atoms with Gasteiger partial charge in [-0.25, -0.2) is 8.42 Å². The van der Waals surface area contributed by atoms with Crippen molar-refractivity contribution in [1.29, 1.82) is 0 Å². The molecule has 1 fully saturated rings. The molecule has 0 saturated carbocycles. The van der Waals surface area contributed by atoms with Gasteiger partial charge in [-0.15, -0.1) is 0 Å². The molecule has 0 radical (unpaired) electrons. The summed E-state index contributed by atoms with van der Waals surface area (Å²) in [5, 5.41) is 3.32. The van der Waals surface area contributed by atoms with E-state index in [0.717, 1.165) is 12.0 Å². The summed E-state index contributed by atoms with van der Waals surface area (Å²) in [6.07, 6.45) is 4.00. The number of hydrogen-bond acceptors (Lipinski definition) is 4. The molecule has 0 spiro atoms. The number of hydrogen-bond donors (Lipinski definition) is 1. The predicted octanol–water partition coefficient (Wildman–Crippen LogP) is 1.12. The molecule has 2 atom stereocenters. The maximum absolute atomic E-state index is 11.7. The van der Waals surface area contributed by atoms with Crippen LogP contribution in [0.2, 0.25) is 0 Å². The van der Waals surface area contributed by atoms with Crippen molar-refractivity contribution in [3.63, 3.8) is 0 Å². The Balaban J connectivity index is 2.20. The summed E-state index contributed by atoms with van der Waals surface area (Å²) < 4.78 is 28.3.